The van der Waals surface area contributed by atoms with Gasteiger partial charge in [-0.2, -0.15) is 5.26 Å². The summed E-state index contributed by atoms with van der Waals surface area (Å²) in [5, 5.41) is 12.8. The van der Waals surface area contributed by atoms with Gasteiger partial charge >= 0.3 is 6.03 Å². The number of nitriles is 1. The molecule has 34 heavy (non-hydrogen) atoms. The smallest absolute Gasteiger partial charge is 0.318 e. The molecule has 0 atom stereocenters. The maximum Gasteiger partial charge on any atom is 0.318 e. The second-order valence-corrected chi connectivity index (χ2v) is 9.29. The van der Waals surface area contributed by atoms with Crippen LogP contribution in [0.4, 0.5) is 4.79 Å². The van der Waals surface area contributed by atoms with Crippen LogP contribution in [0.3, 0.4) is 0 Å². The van der Waals surface area contributed by atoms with Gasteiger partial charge in [0.15, 0.2) is 0 Å². The Labute approximate surface area is 198 Å². The van der Waals surface area contributed by atoms with E-state index in [1.165, 1.54) is 0 Å². The van der Waals surface area contributed by atoms with Crippen molar-refractivity contribution in [3.63, 3.8) is 0 Å². The van der Waals surface area contributed by atoms with Crippen LogP contribution in [0, 0.1) is 11.3 Å². The van der Waals surface area contributed by atoms with Gasteiger partial charge in [-0.1, -0.05) is 18.2 Å². The minimum absolute atomic E-state index is 0.0147. The molecule has 0 bridgehead atoms. The standard InChI is InChI=1S/C25H28N6O3/c26-14-19-21(23(27)32)20-15-30(12-13-31(20)22(19)16-6-7-16)25(34)28-18-8-10-29(11-9-18)24(33)17-4-2-1-3-5-17/h1-5,16,18H,6-13,15H2,(H2,27,32)(H,28,34). The maximum absolute atomic E-state index is 13.0. The first kappa shape index (κ1) is 22.0. The highest BCUT2D eigenvalue weighted by Gasteiger charge is 2.38. The molecule has 3 N–H and O–H groups in total. The van der Waals surface area contributed by atoms with Crippen LogP contribution in [0.5, 0.6) is 0 Å². The van der Waals surface area contributed by atoms with Gasteiger partial charge < -0.3 is 25.4 Å². The Morgan fingerprint density at radius 3 is 2.29 bits per heavy atom. The van der Waals surface area contributed by atoms with Gasteiger partial charge in [-0.3, -0.25) is 9.59 Å². The predicted octanol–water partition coefficient (Wildman–Crippen LogP) is 2.17. The van der Waals surface area contributed by atoms with Gasteiger partial charge in [0.1, 0.15) is 6.07 Å². The molecule has 3 heterocycles. The number of piperidine rings is 1. The van der Waals surface area contributed by atoms with Gasteiger partial charge in [-0.25, -0.2) is 4.79 Å². The number of rotatable bonds is 4. The third-order valence-electron chi connectivity index (χ3n) is 7.09. The molecule has 3 aliphatic rings. The lowest BCUT2D eigenvalue weighted by Crippen LogP contribution is -2.51. The molecule has 1 aromatic carbocycles. The van der Waals surface area contributed by atoms with Gasteiger partial charge in [0.2, 0.25) is 0 Å². The number of nitrogens with one attached hydrogen (secondary N) is 1. The van der Waals surface area contributed by atoms with Gasteiger partial charge in [-0.15, -0.1) is 0 Å². The van der Waals surface area contributed by atoms with Crippen LogP contribution in [0.2, 0.25) is 0 Å². The summed E-state index contributed by atoms with van der Waals surface area (Å²) in [5.74, 6) is -0.309. The number of hydrogen-bond donors (Lipinski definition) is 2. The fourth-order valence-electron chi connectivity index (χ4n) is 5.18. The van der Waals surface area contributed by atoms with Crippen molar-refractivity contribution in [1.82, 2.24) is 19.7 Å². The lowest BCUT2D eigenvalue weighted by Gasteiger charge is -2.35. The zero-order valence-corrected chi connectivity index (χ0v) is 19.0. The Bertz CT molecular complexity index is 1170. The summed E-state index contributed by atoms with van der Waals surface area (Å²) in [4.78, 5) is 41.4. The SMILES string of the molecule is N#Cc1c(C(N)=O)c2n(c1C1CC1)CCN(C(=O)NC1CCN(C(=O)c3ccccc3)CC1)C2. The zero-order chi connectivity index (χ0) is 23.8. The van der Waals surface area contributed by atoms with Gasteiger partial charge in [0.05, 0.1) is 23.4 Å². The highest BCUT2D eigenvalue weighted by molar-refractivity contribution is 5.97. The second-order valence-electron chi connectivity index (χ2n) is 9.29. The lowest BCUT2D eigenvalue weighted by atomic mass is 10.0. The second kappa shape index (κ2) is 8.86. The lowest BCUT2D eigenvalue weighted by molar-refractivity contribution is 0.0705. The number of fused-ring (bicyclic) bond motifs is 1. The van der Waals surface area contributed by atoms with Crippen LogP contribution in [-0.2, 0) is 13.1 Å². The number of benzene rings is 1. The van der Waals surface area contributed by atoms with Crippen molar-refractivity contribution >= 4 is 17.8 Å². The molecule has 2 aromatic rings. The molecular weight excluding hydrogens is 432 g/mol. The molecule has 0 radical (unpaired) electrons. The number of likely N-dealkylation sites (tertiary alicyclic amines) is 1. The number of carbonyl (C=O) groups excluding carboxylic acids is 3. The first-order valence-electron chi connectivity index (χ1n) is 11.8. The Hall–Kier alpha value is -3.80. The number of primary amides is 1. The molecular formula is C25H28N6O3. The van der Waals surface area contributed by atoms with Crippen molar-refractivity contribution in [2.45, 2.75) is 50.7 Å². The number of amides is 4. The van der Waals surface area contributed by atoms with E-state index in [0.717, 1.165) is 18.5 Å². The largest absolute Gasteiger partial charge is 0.366 e. The molecule has 2 aliphatic heterocycles. The summed E-state index contributed by atoms with van der Waals surface area (Å²) >= 11 is 0. The summed E-state index contributed by atoms with van der Waals surface area (Å²) in [7, 11) is 0. The van der Waals surface area contributed by atoms with Crippen LogP contribution in [0.15, 0.2) is 30.3 Å². The normalized spacial score (nSPS) is 18.2. The molecule has 4 amide bonds. The number of aromatic nitrogens is 1. The molecule has 176 valence electrons. The Balaban J connectivity index is 1.23. The molecule has 2 fully saturated rings. The van der Waals surface area contributed by atoms with Crippen LogP contribution in [0.25, 0.3) is 0 Å². The van der Waals surface area contributed by atoms with Crippen LogP contribution >= 0.6 is 0 Å². The van der Waals surface area contributed by atoms with Gasteiger partial charge in [-0.05, 0) is 37.8 Å². The van der Waals surface area contributed by atoms with E-state index in [4.69, 9.17) is 5.73 Å². The molecule has 1 saturated heterocycles. The number of hydrogen-bond acceptors (Lipinski definition) is 4. The van der Waals surface area contributed by atoms with E-state index < -0.39 is 5.91 Å². The third-order valence-corrected chi connectivity index (χ3v) is 7.09. The summed E-state index contributed by atoms with van der Waals surface area (Å²) in [6.07, 6.45) is 3.38. The van der Waals surface area contributed by atoms with Crippen LogP contribution in [0.1, 0.15) is 69.3 Å². The summed E-state index contributed by atoms with van der Waals surface area (Å²) in [6, 6.07) is 11.2. The molecule has 1 saturated carbocycles. The molecule has 5 rings (SSSR count). The monoisotopic (exact) mass is 460 g/mol. The summed E-state index contributed by atoms with van der Waals surface area (Å²) in [6.45, 7) is 2.46. The molecule has 9 nitrogen and oxygen atoms in total. The number of urea groups is 1. The first-order valence-corrected chi connectivity index (χ1v) is 11.8. The van der Waals surface area contributed by atoms with Crippen molar-refractivity contribution < 1.29 is 14.4 Å². The fraction of sp³-hybridized carbons (Fsp3) is 0.440. The highest BCUT2D eigenvalue weighted by Crippen LogP contribution is 2.44. The van der Waals surface area contributed by atoms with Crippen molar-refractivity contribution in [2.75, 3.05) is 19.6 Å². The van der Waals surface area contributed by atoms with E-state index in [0.29, 0.717) is 61.8 Å². The number of carbonyl (C=O) groups is 3. The predicted molar refractivity (Wildman–Crippen MR) is 124 cm³/mol. The Morgan fingerprint density at radius 1 is 0.971 bits per heavy atom. The van der Waals surface area contributed by atoms with E-state index >= 15 is 0 Å². The van der Waals surface area contributed by atoms with E-state index in [1.54, 1.807) is 4.90 Å². The Morgan fingerprint density at radius 2 is 1.68 bits per heavy atom. The molecule has 0 unspecified atom stereocenters. The van der Waals surface area contributed by atoms with Crippen LogP contribution in [-0.4, -0.2) is 57.9 Å². The van der Waals surface area contributed by atoms with Crippen molar-refractivity contribution in [2.24, 2.45) is 5.73 Å². The first-order chi connectivity index (χ1) is 16.5. The van der Waals surface area contributed by atoms with Crippen LogP contribution < -0.4 is 11.1 Å². The Kier molecular flexibility index (Phi) is 5.74. The van der Waals surface area contributed by atoms with Gasteiger partial charge in [0, 0.05) is 49.4 Å². The minimum atomic E-state index is -0.620. The van der Waals surface area contributed by atoms with E-state index in [1.807, 2.05) is 39.8 Å². The highest BCUT2D eigenvalue weighted by atomic mass is 16.2. The summed E-state index contributed by atoms with van der Waals surface area (Å²) < 4.78 is 2.04. The molecule has 1 aromatic heterocycles. The van der Waals surface area contributed by atoms with Gasteiger partial charge in [0.25, 0.3) is 11.8 Å². The number of nitrogens with two attached hydrogens (primary N) is 1. The quantitative estimate of drug-likeness (QED) is 0.725. The summed E-state index contributed by atoms with van der Waals surface area (Å²) in [5.41, 5.74) is 8.52. The minimum Gasteiger partial charge on any atom is -0.366 e. The maximum atomic E-state index is 13.0. The van der Waals surface area contributed by atoms with E-state index in [2.05, 4.69) is 11.4 Å². The molecule has 0 spiro atoms. The average Bonchev–Trinajstić information content (AvgIpc) is 3.64. The average molecular weight is 461 g/mol. The van der Waals surface area contributed by atoms with Crippen molar-refractivity contribution in [3.05, 3.63) is 58.4 Å². The number of nitrogens with zero attached hydrogens (tertiary/aromatic N) is 4. The van der Waals surface area contributed by atoms with Crippen molar-refractivity contribution in [1.29, 1.82) is 5.26 Å². The molecule has 9 heteroatoms. The van der Waals surface area contributed by atoms with E-state index in [-0.39, 0.29) is 30.1 Å². The topological polar surface area (TPSA) is 124 Å². The fourth-order valence-corrected chi connectivity index (χ4v) is 5.18. The van der Waals surface area contributed by atoms with Crippen molar-refractivity contribution in [3.8, 4) is 6.07 Å². The third kappa shape index (κ3) is 4.00. The molecule has 1 aliphatic carbocycles. The zero-order valence-electron chi connectivity index (χ0n) is 19.0. The van der Waals surface area contributed by atoms with E-state index in [9.17, 15) is 19.6 Å².